The van der Waals surface area contributed by atoms with Gasteiger partial charge in [0, 0.05) is 43.2 Å². The lowest BCUT2D eigenvalue weighted by molar-refractivity contribution is 0.718. The average molecular weight is 376 g/mol. The molecule has 0 fully saturated rings. The Labute approximate surface area is 159 Å². The lowest BCUT2D eigenvalue weighted by Crippen LogP contribution is -2.14. The standard InChI is InChI=1S/C18H29N7S/c1-5-22-13(2)12-14(3)23-18-25-24-17(26-18)9-7-6-8-15(19)10-11-16(20)21-4/h5,10-11,21H,2-3,6-9,12,19-20H2,1,4H3,(H,23,25)/b15-10-,16-11+,22-5-. The van der Waals surface area contributed by atoms with Gasteiger partial charge in [-0.15, -0.1) is 10.2 Å². The number of allylic oxidation sites excluding steroid dienone is 3. The van der Waals surface area contributed by atoms with E-state index in [0.29, 0.717) is 12.2 Å². The third-order valence-corrected chi connectivity index (χ3v) is 4.25. The van der Waals surface area contributed by atoms with E-state index in [1.54, 1.807) is 19.3 Å². The molecular weight excluding hydrogens is 346 g/mol. The molecule has 7 nitrogen and oxygen atoms in total. The number of nitrogens with two attached hydrogens (primary N) is 2. The Morgan fingerprint density at radius 1 is 1.23 bits per heavy atom. The number of nitrogens with one attached hydrogen (secondary N) is 2. The molecule has 142 valence electrons. The minimum absolute atomic E-state index is 0.581. The van der Waals surface area contributed by atoms with Crippen molar-refractivity contribution >= 4 is 22.7 Å². The van der Waals surface area contributed by atoms with E-state index < -0.39 is 0 Å². The van der Waals surface area contributed by atoms with Gasteiger partial charge in [-0.1, -0.05) is 24.5 Å². The molecule has 0 saturated carbocycles. The van der Waals surface area contributed by atoms with Crippen molar-refractivity contribution in [3.8, 4) is 0 Å². The Balaban J connectivity index is 2.33. The van der Waals surface area contributed by atoms with Gasteiger partial charge in [0.05, 0.1) is 5.82 Å². The number of aliphatic imine (C=N–C) groups is 1. The molecule has 0 aromatic carbocycles. The van der Waals surface area contributed by atoms with Gasteiger partial charge in [0.2, 0.25) is 5.13 Å². The highest BCUT2D eigenvalue weighted by molar-refractivity contribution is 7.15. The summed E-state index contributed by atoms with van der Waals surface area (Å²) in [6.07, 6.45) is 9.59. The molecule has 6 N–H and O–H groups in total. The average Bonchev–Trinajstić information content (AvgIpc) is 3.03. The minimum atomic E-state index is 0.581. The number of aryl methyl sites for hydroxylation is 1. The Morgan fingerprint density at radius 3 is 2.69 bits per heavy atom. The molecule has 0 aliphatic carbocycles. The highest BCUT2D eigenvalue weighted by Crippen LogP contribution is 2.20. The summed E-state index contributed by atoms with van der Waals surface area (Å²) < 4.78 is 0. The monoisotopic (exact) mass is 375 g/mol. The second-order valence-corrected chi connectivity index (χ2v) is 6.74. The maximum absolute atomic E-state index is 5.95. The molecule has 1 rings (SSSR count). The summed E-state index contributed by atoms with van der Waals surface area (Å²) in [6, 6.07) is 0. The van der Waals surface area contributed by atoms with Crippen LogP contribution in [0.15, 0.2) is 53.2 Å². The summed E-state index contributed by atoms with van der Waals surface area (Å²) >= 11 is 1.54. The van der Waals surface area contributed by atoms with Gasteiger partial charge in [-0.05, 0) is 38.3 Å². The van der Waals surface area contributed by atoms with Crippen LogP contribution in [-0.4, -0.2) is 23.5 Å². The highest BCUT2D eigenvalue weighted by atomic mass is 32.1. The maximum atomic E-state index is 5.95. The summed E-state index contributed by atoms with van der Waals surface area (Å²) in [7, 11) is 1.77. The Morgan fingerprint density at radius 2 is 2.00 bits per heavy atom. The Kier molecular flexibility index (Phi) is 9.78. The number of nitrogens with zero attached hydrogens (tertiary/aromatic N) is 3. The van der Waals surface area contributed by atoms with Gasteiger partial charge in [-0.3, -0.25) is 4.99 Å². The summed E-state index contributed by atoms with van der Waals surface area (Å²) in [5.41, 5.74) is 14.0. The molecule has 0 aliphatic rings. The second kappa shape index (κ2) is 11.9. The maximum Gasteiger partial charge on any atom is 0.209 e. The van der Waals surface area contributed by atoms with Crippen molar-refractivity contribution in [1.29, 1.82) is 0 Å². The second-order valence-electron chi connectivity index (χ2n) is 5.68. The van der Waals surface area contributed by atoms with Crippen LogP contribution in [0.5, 0.6) is 0 Å². The minimum Gasteiger partial charge on any atom is -0.402 e. The quantitative estimate of drug-likeness (QED) is 0.254. The van der Waals surface area contributed by atoms with Crippen molar-refractivity contribution in [2.24, 2.45) is 16.5 Å². The molecule has 1 aromatic heterocycles. The largest absolute Gasteiger partial charge is 0.402 e. The van der Waals surface area contributed by atoms with Gasteiger partial charge in [0.1, 0.15) is 5.01 Å². The van der Waals surface area contributed by atoms with E-state index in [0.717, 1.165) is 52.9 Å². The van der Waals surface area contributed by atoms with Gasteiger partial charge >= 0.3 is 0 Å². The van der Waals surface area contributed by atoms with E-state index in [4.69, 9.17) is 11.5 Å². The van der Waals surface area contributed by atoms with Crippen LogP contribution in [0, 0.1) is 0 Å². The van der Waals surface area contributed by atoms with Crippen LogP contribution in [0.2, 0.25) is 0 Å². The lowest BCUT2D eigenvalue weighted by atomic mass is 10.1. The fraction of sp³-hybridized carbons (Fsp3) is 0.389. The number of anilines is 1. The van der Waals surface area contributed by atoms with Crippen molar-refractivity contribution in [2.75, 3.05) is 12.4 Å². The molecular formula is C18H29N7S. The lowest BCUT2D eigenvalue weighted by Gasteiger charge is -2.05. The number of aromatic nitrogens is 2. The molecule has 0 unspecified atom stereocenters. The van der Waals surface area contributed by atoms with Gasteiger partial charge in [0.25, 0.3) is 0 Å². The first-order valence-corrected chi connectivity index (χ1v) is 9.29. The molecule has 1 heterocycles. The van der Waals surface area contributed by atoms with Crippen molar-refractivity contribution in [3.63, 3.8) is 0 Å². The predicted molar refractivity (Wildman–Crippen MR) is 112 cm³/mol. The Bertz CT molecular complexity index is 685. The fourth-order valence-electron chi connectivity index (χ4n) is 2.04. The predicted octanol–water partition coefficient (Wildman–Crippen LogP) is 3.03. The number of unbranched alkanes of at least 4 members (excludes halogenated alkanes) is 1. The van der Waals surface area contributed by atoms with E-state index >= 15 is 0 Å². The highest BCUT2D eigenvalue weighted by Gasteiger charge is 2.06. The SMILES string of the molecule is C=C(CC(=C)Nc1nnc(CCCC/C(N)=C/C=C(\N)NC)s1)/N=C\C. The molecule has 0 amide bonds. The molecule has 26 heavy (non-hydrogen) atoms. The summed E-state index contributed by atoms with van der Waals surface area (Å²) in [6.45, 7) is 9.69. The normalized spacial score (nSPS) is 12.4. The molecule has 1 aromatic rings. The zero-order valence-corrected chi connectivity index (χ0v) is 16.4. The first kappa shape index (κ1) is 21.4. The van der Waals surface area contributed by atoms with Crippen LogP contribution >= 0.6 is 11.3 Å². The summed E-state index contributed by atoms with van der Waals surface area (Å²) in [5, 5.41) is 16.1. The smallest absolute Gasteiger partial charge is 0.209 e. The summed E-state index contributed by atoms with van der Waals surface area (Å²) in [4.78, 5) is 4.12. The molecule has 0 atom stereocenters. The fourth-order valence-corrected chi connectivity index (χ4v) is 2.87. The summed E-state index contributed by atoms with van der Waals surface area (Å²) in [5.74, 6) is 0.591. The molecule has 0 radical (unpaired) electrons. The topological polar surface area (TPSA) is 114 Å². The Hall–Kier alpha value is -2.61. The molecule has 0 aliphatic heterocycles. The molecule has 0 saturated heterocycles. The van der Waals surface area contributed by atoms with Gasteiger partial charge in [-0.25, -0.2) is 0 Å². The van der Waals surface area contributed by atoms with Crippen molar-refractivity contribution in [3.05, 3.63) is 53.2 Å². The van der Waals surface area contributed by atoms with Crippen molar-refractivity contribution in [1.82, 2.24) is 15.5 Å². The van der Waals surface area contributed by atoms with E-state index in [1.165, 1.54) is 11.3 Å². The van der Waals surface area contributed by atoms with Gasteiger partial charge in [0.15, 0.2) is 0 Å². The van der Waals surface area contributed by atoms with Crippen LogP contribution < -0.4 is 22.1 Å². The van der Waals surface area contributed by atoms with Gasteiger partial charge < -0.3 is 22.1 Å². The van der Waals surface area contributed by atoms with E-state index in [9.17, 15) is 0 Å². The van der Waals surface area contributed by atoms with Crippen molar-refractivity contribution in [2.45, 2.75) is 39.0 Å². The third-order valence-electron chi connectivity index (χ3n) is 3.35. The van der Waals surface area contributed by atoms with Gasteiger partial charge in [-0.2, -0.15) is 0 Å². The molecule has 0 spiro atoms. The van der Waals surface area contributed by atoms with E-state index in [2.05, 4.69) is 39.0 Å². The number of rotatable bonds is 12. The van der Waals surface area contributed by atoms with E-state index in [-0.39, 0.29) is 0 Å². The van der Waals surface area contributed by atoms with Crippen molar-refractivity contribution < 1.29 is 0 Å². The molecule has 8 heteroatoms. The zero-order valence-electron chi connectivity index (χ0n) is 15.6. The van der Waals surface area contributed by atoms with Crippen LogP contribution in [-0.2, 0) is 6.42 Å². The third kappa shape index (κ3) is 9.03. The number of hydrogen-bond acceptors (Lipinski definition) is 8. The molecule has 0 bridgehead atoms. The van der Waals surface area contributed by atoms with Crippen LogP contribution in [0.4, 0.5) is 5.13 Å². The van der Waals surface area contributed by atoms with Crippen LogP contribution in [0.3, 0.4) is 0 Å². The zero-order chi connectivity index (χ0) is 19.4. The van der Waals surface area contributed by atoms with E-state index in [1.807, 2.05) is 13.0 Å². The first-order valence-electron chi connectivity index (χ1n) is 8.47. The van der Waals surface area contributed by atoms with Crippen LogP contribution in [0.25, 0.3) is 0 Å². The van der Waals surface area contributed by atoms with Crippen LogP contribution in [0.1, 0.15) is 37.6 Å². The first-order chi connectivity index (χ1) is 12.4. The number of hydrogen-bond donors (Lipinski definition) is 4.